The number of hydrogen-bond acceptors (Lipinski definition) is 4. The second-order valence-electron chi connectivity index (χ2n) is 9.09. The number of alkyl halides is 3. The molecule has 1 aliphatic carbocycles. The molecule has 2 aromatic rings. The minimum Gasteiger partial charge on any atom is -0.370 e. The first-order valence-corrected chi connectivity index (χ1v) is 11.7. The summed E-state index contributed by atoms with van der Waals surface area (Å²) in [6, 6.07) is 8.93. The highest BCUT2D eigenvalue weighted by molar-refractivity contribution is 7.81. The van der Waals surface area contributed by atoms with Gasteiger partial charge in [0.1, 0.15) is 11.4 Å². The average molecular weight is 519 g/mol. The van der Waals surface area contributed by atoms with Gasteiger partial charge in [0.15, 0.2) is 5.11 Å². The lowest BCUT2D eigenvalue weighted by Crippen LogP contribution is -2.55. The van der Waals surface area contributed by atoms with Crippen LogP contribution in [0.3, 0.4) is 0 Å². The van der Waals surface area contributed by atoms with Gasteiger partial charge in [-0.1, -0.05) is 13.0 Å². The molecule has 1 spiro atoms. The molecule has 36 heavy (non-hydrogen) atoms. The van der Waals surface area contributed by atoms with Crippen molar-refractivity contribution in [1.82, 2.24) is 0 Å². The summed E-state index contributed by atoms with van der Waals surface area (Å²) in [4.78, 5) is 27.2. The molecule has 1 heterocycles. The molecule has 2 N–H and O–H groups in total. The van der Waals surface area contributed by atoms with Crippen LogP contribution >= 0.6 is 12.2 Å². The maximum atomic E-state index is 15.1. The van der Waals surface area contributed by atoms with Crippen LogP contribution in [-0.4, -0.2) is 22.5 Å². The van der Waals surface area contributed by atoms with Gasteiger partial charge in [0, 0.05) is 12.1 Å². The van der Waals surface area contributed by atoms with Crippen LogP contribution in [0.25, 0.3) is 0 Å². The summed E-state index contributed by atoms with van der Waals surface area (Å²) in [6.45, 7) is 1.77. The van der Waals surface area contributed by atoms with Crippen molar-refractivity contribution in [3.05, 3.63) is 58.9 Å². The Bertz CT molecular complexity index is 1300. The van der Waals surface area contributed by atoms with Gasteiger partial charge in [-0.25, -0.2) is 4.39 Å². The summed E-state index contributed by atoms with van der Waals surface area (Å²) in [5.74, 6) is -1.81. The first-order valence-electron chi connectivity index (χ1n) is 11.3. The highest BCUT2D eigenvalue weighted by Gasteiger charge is 2.59. The minimum absolute atomic E-state index is 0.0635. The van der Waals surface area contributed by atoms with E-state index in [0.717, 1.165) is 17.0 Å². The van der Waals surface area contributed by atoms with Gasteiger partial charge in [-0.15, -0.1) is 0 Å². The zero-order valence-electron chi connectivity index (χ0n) is 19.2. The van der Waals surface area contributed by atoms with Crippen molar-refractivity contribution in [1.29, 1.82) is 5.26 Å². The average Bonchev–Trinajstić information content (AvgIpc) is 3.03. The number of primary amides is 1. The Morgan fingerprint density at radius 2 is 1.89 bits per heavy atom. The molecule has 11 heteroatoms. The smallest absolute Gasteiger partial charge is 0.370 e. The van der Waals surface area contributed by atoms with E-state index in [-0.39, 0.29) is 23.1 Å². The van der Waals surface area contributed by atoms with Gasteiger partial charge in [-0.05, 0) is 79.7 Å². The number of rotatable bonds is 6. The lowest BCUT2D eigenvalue weighted by molar-refractivity contribution is -0.137. The SMILES string of the molecule is CC(CCC(N)=O)c1ccc(N2C(=S)N(c3ccc(C#N)c(C(F)(F)F)c3)C(=O)C23CCC3)cc1F. The van der Waals surface area contributed by atoms with Gasteiger partial charge in [0.05, 0.1) is 22.9 Å². The van der Waals surface area contributed by atoms with E-state index in [1.807, 2.05) is 0 Å². The molecule has 0 radical (unpaired) electrons. The molecule has 0 aromatic heterocycles. The fourth-order valence-electron chi connectivity index (χ4n) is 4.78. The number of nitriles is 1. The molecule has 2 aliphatic rings. The van der Waals surface area contributed by atoms with E-state index >= 15 is 4.39 Å². The molecule has 2 fully saturated rings. The summed E-state index contributed by atoms with van der Waals surface area (Å²) < 4.78 is 55.8. The molecule has 188 valence electrons. The number of nitrogens with two attached hydrogens (primary N) is 1. The van der Waals surface area contributed by atoms with Gasteiger partial charge in [-0.3, -0.25) is 14.5 Å². The van der Waals surface area contributed by atoms with E-state index in [0.29, 0.717) is 36.9 Å². The number of carbonyl (C=O) groups is 2. The standard InChI is InChI=1S/C25H22F4N4O2S/c1-14(3-8-21(31)34)18-7-6-17(12-20(18)26)33-23(36)32(22(35)24(33)9-2-10-24)16-5-4-15(13-30)19(11-16)25(27,28)29/h4-7,11-12,14H,2-3,8-10H2,1H3,(H2,31,34). The van der Waals surface area contributed by atoms with Crippen LogP contribution in [0, 0.1) is 17.1 Å². The van der Waals surface area contributed by atoms with Crippen LogP contribution in [-0.2, 0) is 15.8 Å². The van der Waals surface area contributed by atoms with Crippen molar-refractivity contribution in [2.24, 2.45) is 5.73 Å². The lowest BCUT2D eigenvalue weighted by atomic mass is 9.75. The number of anilines is 2. The van der Waals surface area contributed by atoms with Crippen LogP contribution in [0.2, 0.25) is 0 Å². The Kier molecular flexibility index (Phi) is 6.51. The third-order valence-electron chi connectivity index (χ3n) is 6.88. The molecule has 1 atom stereocenters. The highest BCUT2D eigenvalue weighted by Crippen LogP contribution is 2.48. The zero-order valence-corrected chi connectivity index (χ0v) is 20.0. The van der Waals surface area contributed by atoms with E-state index < -0.39 is 40.5 Å². The third kappa shape index (κ3) is 4.19. The Morgan fingerprint density at radius 3 is 2.42 bits per heavy atom. The zero-order chi connectivity index (χ0) is 26.4. The summed E-state index contributed by atoms with van der Waals surface area (Å²) in [6.07, 6.45) is -2.82. The third-order valence-corrected chi connectivity index (χ3v) is 7.24. The fourth-order valence-corrected chi connectivity index (χ4v) is 5.25. The molecule has 1 saturated heterocycles. The largest absolute Gasteiger partial charge is 0.417 e. The maximum Gasteiger partial charge on any atom is 0.417 e. The number of hydrogen-bond donors (Lipinski definition) is 1. The van der Waals surface area contributed by atoms with E-state index in [1.54, 1.807) is 19.1 Å². The van der Waals surface area contributed by atoms with E-state index in [4.69, 9.17) is 23.2 Å². The van der Waals surface area contributed by atoms with Gasteiger partial charge < -0.3 is 10.6 Å². The number of thiocarbonyl (C=S) groups is 1. The van der Waals surface area contributed by atoms with E-state index in [2.05, 4.69) is 0 Å². The van der Waals surface area contributed by atoms with Crippen LogP contribution in [0.15, 0.2) is 36.4 Å². The lowest BCUT2D eigenvalue weighted by Gasteiger charge is -2.43. The van der Waals surface area contributed by atoms with Crippen molar-refractivity contribution < 1.29 is 27.2 Å². The Balaban J connectivity index is 1.72. The minimum atomic E-state index is -4.80. The van der Waals surface area contributed by atoms with Crippen molar-refractivity contribution >= 4 is 40.5 Å². The normalized spacial score (nSPS) is 17.8. The second-order valence-corrected chi connectivity index (χ2v) is 9.46. The van der Waals surface area contributed by atoms with Crippen molar-refractivity contribution in [2.75, 3.05) is 9.80 Å². The number of carbonyl (C=O) groups excluding carboxylic acids is 2. The molecule has 4 rings (SSSR count). The van der Waals surface area contributed by atoms with Crippen LogP contribution in [0.5, 0.6) is 0 Å². The van der Waals surface area contributed by atoms with Crippen LogP contribution in [0.4, 0.5) is 28.9 Å². The molecule has 0 bridgehead atoms. The highest BCUT2D eigenvalue weighted by atomic mass is 32.1. The van der Waals surface area contributed by atoms with Crippen molar-refractivity contribution in [3.8, 4) is 6.07 Å². The first kappa shape index (κ1) is 25.6. The number of amides is 2. The molecule has 2 aromatic carbocycles. The Morgan fingerprint density at radius 1 is 1.22 bits per heavy atom. The van der Waals surface area contributed by atoms with Crippen LogP contribution in [0.1, 0.15) is 61.6 Å². The van der Waals surface area contributed by atoms with Gasteiger partial charge in [0.25, 0.3) is 5.91 Å². The van der Waals surface area contributed by atoms with E-state index in [1.165, 1.54) is 23.1 Å². The molecule has 1 saturated carbocycles. The van der Waals surface area contributed by atoms with Crippen molar-refractivity contribution in [2.45, 2.75) is 56.7 Å². The van der Waals surface area contributed by atoms with Gasteiger partial charge >= 0.3 is 6.18 Å². The maximum absolute atomic E-state index is 15.1. The summed E-state index contributed by atoms with van der Waals surface area (Å²) in [7, 11) is 0. The molecule has 6 nitrogen and oxygen atoms in total. The van der Waals surface area contributed by atoms with Crippen molar-refractivity contribution in [3.63, 3.8) is 0 Å². The predicted molar refractivity (Wildman–Crippen MR) is 129 cm³/mol. The first-order chi connectivity index (χ1) is 16.9. The summed E-state index contributed by atoms with van der Waals surface area (Å²) in [5, 5.41) is 9.02. The van der Waals surface area contributed by atoms with E-state index in [9.17, 15) is 22.8 Å². The monoisotopic (exact) mass is 518 g/mol. The molecular formula is C25H22F4N4O2S. The summed E-state index contributed by atoms with van der Waals surface area (Å²) in [5.41, 5.74) is 2.91. The quantitative estimate of drug-likeness (QED) is 0.422. The number of nitrogens with zero attached hydrogens (tertiary/aromatic N) is 3. The van der Waals surface area contributed by atoms with Crippen LogP contribution < -0.4 is 15.5 Å². The second kappa shape index (κ2) is 9.17. The number of halogens is 4. The van der Waals surface area contributed by atoms with Gasteiger partial charge in [-0.2, -0.15) is 18.4 Å². The molecule has 1 unspecified atom stereocenters. The summed E-state index contributed by atoms with van der Waals surface area (Å²) >= 11 is 5.56. The molecular weight excluding hydrogens is 496 g/mol. The topological polar surface area (TPSA) is 90.4 Å². The predicted octanol–water partition coefficient (Wildman–Crippen LogP) is 5.15. The number of benzene rings is 2. The Hall–Kier alpha value is -3.52. The molecule has 1 aliphatic heterocycles. The van der Waals surface area contributed by atoms with Gasteiger partial charge in [0.2, 0.25) is 5.91 Å². The fraction of sp³-hybridized carbons (Fsp3) is 0.360. The molecule has 2 amide bonds. The Labute approximate surface area is 210 Å².